The van der Waals surface area contributed by atoms with Crippen LogP contribution >= 0.6 is 0 Å². The first kappa shape index (κ1) is 17.5. The van der Waals surface area contributed by atoms with Crippen LogP contribution in [0.2, 0.25) is 0 Å². The number of carbonyl (C=O) groups is 1. The summed E-state index contributed by atoms with van der Waals surface area (Å²) in [6, 6.07) is 6.76. The largest absolute Gasteiger partial charge is 0.350 e. The SMILES string of the molecule is CC[C@@H](C)NC(=O)c1ccc(N(CC)S(=O)(=O)CC)cc1. The van der Waals surface area contributed by atoms with E-state index in [0.717, 1.165) is 6.42 Å². The Hall–Kier alpha value is -1.56. The average molecular weight is 312 g/mol. The summed E-state index contributed by atoms with van der Waals surface area (Å²) in [7, 11) is -3.29. The number of hydrogen-bond acceptors (Lipinski definition) is 3. The van der Waals surface area contributed by atoms with Crippen LogP contribution in [0.25, 0.3) is 0 Å². The molecule has 0 unspecified atom stereocenters. The maximum absolute atomic E-state index is 12.0. The molecule has 1 amide bonds. The Morgan fingerprint density at radius 3 is 2.19 bits per heavy atom. The van der Waals surface area contributed by atoms with E-state index in [1.54, 1.807) is 38.1 Å². The van der Waals surface area contributed by atoms with Crippen LogP contribution < -0.4 is 9.62 Å². The molecule has 1 atom stereocenters. The van der Waals surface area contributed by atoms with Crippen LogP contribution in [-0.2, 0) is 10.0 Å². The third-order valence-electron chi connectivity index (χ3n) is 3.40. The van der Waals surface area contributed by atoms with Crippen molar-refractivity contribution in [3.05, 3.63) is 29.8 Å². The zero-order valence-corrected chi connectivity index (χ0v) is 13.9. The molecule has 21 heavy (non-hydrogen) atoms. The van der Waals surface area contributed by atoms with Crippen molar-refractivity contribution < 1.29 is 13.2 Å². The van der Waals surface area contributed by atoms with Crippen LogP contribution in [0.4, 0.5) is 5.69 Å². The zero-order chi connectivity index (χ0) is 16.0. The number of hydrogen-bond donors (Lipinski definition) is 1. The minimum atomic E-state index is -3.29. The first-order valence-corrected chi connectivity index (χ1v) is 8.87. The molecule has 0 aliphatic carbocycles. The molecule has 0 saturated carbocycles. The van der Waals surface area contributed by atoms with Crippen molar-refractivity contribution in [2.45, 2.75) is 40.2 Å². The molecule has 0 heterocycles. The van der Waals surface area contributed by atoms with Crippen LogP contribution in [0.1, 0.15) is 44.5 Å². The molecule has 118 valence electrons. The number of carbonyl (C=O) groups excluding carboxylic acids is 1. The van der Waals surface area contributed by atoms with Crippen molar-refractivity contribution in [1.29, 1.82) is 0 Å². The summed E-state index contributed by atoms with van der Waals surface area (Å²) in [5, 5.41) is 2.88. The van der Waals surface area contributed by atoms with Crippen molar-refractivity contribution in [1.82, 2.24) is 5.32 Å². The van der Waals surface area contributed by atoms with Crippen LogP contribution in [0.5, 0.6) is 0 Å². The number of rotatable bonds is 7. The highest BCUT2D eigenvalue weighted by atomic mass is 32.2. The molecule has 0 bridgehead atoms. The number of amides is 1. The fraction of sp³-hybridized carbons (Fsp3) is 0.533. The Morgan fingerprint density at radius 1 is 1.19 bits per heavy atom. The fourth-order valence-corrected chi connectivity index (χ4v) is 3.03. The van der Waals surface area contributed by atoms with Gasteiger partial charge in [-0.3, -0.25) is 9.10 Å². The number of sulfonamides is 1. The number of nitrogens with zero attached hydrogens (tertiary/aromatic N) is 1. The second-order valence-corrected chi connectivity index (χ2v) is 7.08. The smallest absolute Gasteiger partial charge is 0.251 e. The Kier molecular flexibility index (Phi) is 6.20. The van der Waals surface area contributed by atoms with Crippen LogP contribution in [-0.4, -0.2) is 32.7 Å². The summed E-state index contributed by atoms with van der Waals surface area (Å²) in [6.45, 7) is 7.72. The van der Waals surface area contributed by atoms with Gasteiger partial charge in [0.2, 0.25) is 10.0 Å². The molecule has 0 aliphatic heterocycles. The quantitative estimate of drug-likeness (QED) is 0.840. The van der Waals surface area contributed by atoms with Gasteiger partial charge in [-0.05, 0) is 51.5 Å². The monoisotopic (exact) mass is 312 g/mol. The number of nitrogens with one attached hydrogen (secondary N) is 1. The van der Waals surface area contributed by atoms with Gasteiger partial charge in [-0.1, -0.05) is 6.92 Å². The lowest BCUT2D eigenvalue weighted by Gasteiger charge is -2.22. The maximum Gasteiger partial charge on any atom is 0.251 e. The van der Waals surface area contributed by atoms with Gasteiger partial charge in [-0.25, -0.2) is 8.42 Å². The van der Waals surface area contributed by atoms with Gasteiger partial charge in [-0.2, -0.15) is 0 Å². The van der Waals surface area contributed by atoms with E-state index >= 15 is 0 Å². The zero-order valence-electron chi connectivity index (χ0n) is 13.1. The topological polar surface area (TPSA) is 66.5 Å². The lowest BCUT2D eigenvalue weighted by Crippen LogP contribution is -2.33. The van der Waals surface area contributed by atoms with E-state index in [1.165, 1.54) is 4.31 Å². The lowest BCUT2D eigenvalue weighted by atomic mass is 10.1. The minimum absolute atomic E-state index is 0.0527. The fourth-order valence-electron chi connectivity index (χ4n) is 1.88. The predicted octanol–water partition coefficient (Wildman–Crippen LogP) is 2.39. The van der Waals surface area contributed by atoms with Gasteiger partial charge in [0.05, 0.1) is 11.4 Å². The molecule has 0 aliphatic rings. The summed E-state index contributed by atoms with van der Waals surface area (Å²) in [5.41, 5.74) is 1.11. The van der Waals surface area contributed by atoms with Crippen molar-refractivity contribution in [3.63, 3.8) is 0 Å². The van der Waals surface area contributed by atoms with E-state index in [4.69, 9.17) is 0 Å². The van der Waals surface area contributed by atoms with E-state index in [1.807, 2.05) is 13.8 Å². The first-order valence-electron chi connectivity index (χ1n) is 7.27. The van der Waals surface area contributed by atoms with Gasteiger partial charge in [0, 0.05) is 18.2 Å². The molecule has 0 radical (unpaired) electrons. The van der Waals surface area contributed by atoms with E-state index < -0.39 is 10.0 Å². The molecule has 1 rings (SSSR count). The molecule has 0 aromatic heterocycles. The second kappa shape index (κ2) is 7.45. The highest BCUT2D eigenvalue weighted by Gasteiger charge is 2.19. The summed E-state index contributed by atoms with van der Waals surface area (Å²) in [6.07, 6.45) is 0.863. The van der Waals surface area contributed by atoms with Crippen LogP contribution in [0, 0.1) is 0 Å². The normalized spacial score (nSPS) is 12.8. The van der Waals surface area contributed by atoms with Gasteiger partial charge >= 0.3 is 0 Å². The van der Waals surface area contributed by atoms with Gasteiger partial charge in [0.15, 0.2) is 0 Å². The van der Waals surface area contributed by atoms with Crippen LogP contribution in [0.3, 0.4) is 0 Å². The average Bonchev–Trinajstić information content (AvgIpc) is 2.48. The molecule has 0 saturated heterocycles. The Morgan fingerprint density at radius 2 is 1.76 bits per heavy atom. The predicted molar refractivity (Wildman–Crippen MR) is 86.1 cm³/mol. The summed E-state index contributed by atoms with van der Waals surface area (Å²) in [4.78, 5) is 12.0. The molecular formula is C15H24N2O3S. The highest BCUT2D eigenvalue weighted by molar-refractivity contribution is 7.92. The molecular weight excluding hydrogens is 288 g/mol. The second-order valence-electron chi connectivity index (χ2n) is 4.89. The Balaban J connectivity index is 2.94. The van der Waals surface area contributed by atoms with Gasteiger partial charge in [0.25, 0.3) is 5.91 Å². The van der Waals surface area contributed by atoms with Crippen molar-refractivity contribution >= 4 is 21.6 Å². The summed E-state index contributed by atoms with van der Waals surface area (Å²) < 4.78 is 25.3. The first-order chi connectivity index (χ1) is 9.85. The third-order valence-corrected chi connectivity index (χ3v) is 5.27. The van der Waals surface area contributed by atoms with Crippen LogP contribution in [0.15, 0.2) is 24.3 Å². The van der Waals surface area contributed by atoms with Gasteiger partial charge in [0.1, 0.15) is 0 Å². The highest BCUT2D eigenvalue weighted by Crippen LogP contribution is 2.19. The van der Waals surface area contributed by atoms with Crippen molar-refractivity contribution in [2.24, 2.45) is 0 Å². The Labute approximate surface area is 127 Å². The molecule has 1 N–H and O–H groups in total. The molecule has 6 heteroatoms. The van der Waals surface area contributed by atoms with Crippen molar-refractivity contribution in [2.75, 3.05) is 16.6 Å². The third kappa shape index (κ3) is 4.46. The van der Waals surface area contributed by atoms with E-state index in [0.29, 0.717) is 17.8 Å². The van der Waals surface area contributed by atoms with E-state index in [-0.39, 0.29) is 17.7 Å². The summed E-state index contributed by atoms with van der Waals surface area (Å²) >= 11 is 0. The van der Waals surface area contributed by atoms with E-state index in [9.17, 15) is 13.2 Å². The van der Waals surface area contributed by atoms with Gasteiger partial charge < -0.3 is 5.32 Å². The molecule has 0 spiro atoms. The molecule has 0 fully saturated rings. The number of anilines is 1. The summed E-state index contributed by atoms with van der Waals surface area (Å²) in [5.74, 6) is -0.0887. The van der Waals surface area contributed by atoms with Gasteiger partial charge in [-0.15, -0.1) is 0 Å². The van der Waals surface area contributed by atoms with E-state index in [2.05, 4.69) is 5.32 Å². The minimum Gasteiger partial charge on any atom is -0.350 e. The number of benzene rings is 1. The lowest BCUT2D eigenvalue weighted by molar-refractivity contribution is 0.0939. The Bertz CT molecular complexity index is 567. The molecule has 1 aromatic carbocycles. The van der Waals surface area contributed by atoms with Crippen molar-refractivity contribution in [3.8, 4) is 0 Å². The molecule has 5 nitrogen and oxygen atoms in total. The standard InChI is InChI=1S/C15H24N2O3S/c1-5-12(4)16-15(18)13-8-10-14(11-9-13)17(6-2)21(19,20)7-3/h8-12H,5-7H2,1-4H3,(H,16,18)/t12-/m1/s1. The maximum atomic E-state index is 12.0. The molecule has 1 aromatic rings.